The molecule has 0 atom stereocenters. The minimum atomic E-state index is -0.532. The average Bonchev–Trinajstić information content (AvgIpc) is 3.15. The Labute approximate surface area is 197 Å². The molecule has 0 bridgehead atoms. The van der Waals surface area contributed by atoms with Crippen LogP contribution in [-0.2, 0) is 0 Å². The van der Waals surface area contributed by atoms with E-state index in [2.05, 4.69) is 20.6 Å². The van der Waals surface area contributed by atoms with Crippen LogP contribution in [0, 0.1) is 12.7 Å². The number of aromatic nitrogens is 2. The first kappa shape index (κ1) is 22.4. The topological polar surface area (TPSA) is 93.2 Å². The SMILES string of the molecule is Cc1cc(NC(=O)c2ccc(F)cc2Cl)sc1C(=O)Nc1ccc(Oc2ncccn2)cc1. The zero-order chi connectivity index (χ0) is 23.4. The summed E-state index contributed by atoms with van der Waals surface area (Å²) >= 11 is 7.07. The number of aryl methyl sites for hydroxylation is 1. The summed E-state index contributed by atoms with van der Waals surface area (Å²) in [6.45, 7) is 1.77. The predicted octanol–water partition coefficient (Wildman–Crippen LogP) is 5.94. The van der Waals surface area contributed by atoms with Gasteiger partial charge in [0, 0.05) is 18.1 Å². The number of rotatable bonds is 6. The van der Waals surface area contributed by atoms with Crippen molar-refractivity contribution in [3.63, 3.8) is 0 Å². The van der Waals surface area contributed by atoms with Crippen LogP contribution < -0.4 is 15.4 Å². The third-order valence-electron chi connectivity index (χ3n) is 4.40. The average molecular weight is 483 g/mol. The number of anilines is 2. The molecule has 166 valence electrons. The number of carbonyl (C=O) groups is 2. The van der Waals surface area contributed by atoms with Crippen LogP contribution in [-0.4, -0.2) is 21.8 Å². The fourth-order valence-electron chi connectivity index (χ4n) is 2.86. The van der Waals surface area contributed by atoms with E-state index in [9.17, 15) is 14.0 Å². The summed E-state index contributed by atoms with van der Waals surface area (Å²) in [7, 11) is 0. The van der Waals surface area contributed by atoms with Gasteiger partial charge in [-0.05, 0) is 67.1 Å². The second kappa shape index (κ2) is 9.76. The van der Waals surface area contributed by atoms with E-state index in [1.54, 1.807) is 55.7 Å². The number of benzene rings is 2. The molecule has 2 aromatic heterocycles. The number of ether oxygens (including phenoxy) is 1. The van der Waals surface area contributed by atoms with Crippen LogP contribution >= 0.6 is 22.9 Å². The predicted molar refractivity (Wildman–Crippen MR) is 125 cm³/mol. The molecule has 2 N–H and O–H groups in total. The van der Waals surface area contributed by atoms with Gasteiger partial charge < -0.3 is 15.4 Å². The Bertz CT molecular complexity index is 1310. The van der Waals surface area contributed by atoms with Crippen LogP contribution in [0.1, 0.15) is 25.6 Å². The van der Waals surface area contributed by atoms with Crippen molar-refractivity contribution in [2.45, 2.75) is 6.92 Å². The van der Waals surface area contributed by atoms with Gasteiger partial charge in [0.05, 0.1) is 20.5 Å². The number of thiophene rings is 1. The highest BCUT2D eigenvalue weighted by molar-refractivity contribution is 7.18. The summed E-state index contributed by atoms with van der Waals surface area (Å²) in [5, 5.41) is 5.98. The molecule has 4 aromatic rings. The minimum Gasteiger partial charge on any atom is -0.424 e. The molecule has 0 fully saturated rings. The second-order valence-corrected chi connectivity index (χ2v) is 8.27. The van der Waals surface area contributed by atoms with E-state index < -0.39 is 11.7 Å². The summed E-state index contributed by atoms with van der Waals surface area (Å²) in [4.78, 5) is 33.6. The molecular formula is C23H16ClFN4O3S. The van der Waals surface area contributed by atoms with Crippen molar-refractivity contribution < 1.29 is 18.7 Å². The lowest BCUT2D eigenvalue weighted by molar-refractivity contribution is 0.102. The third-order valence-corrected chi connectivity index (χ3v) is 5.86. The molecule has 10 heteroatoms. The monoisotopic (exact) mass is 482 g/mol. The first-order chi connectivity index (χ1) is 15.9. The molecule has 0 radical (unpaired) electrons. The van der Waals surface area contributed by atoms with Crippen LogP contribution in [0.3, 0.4) is 0 Å². The van der Waals surface area contributed by atoms with Crippen molar-refractivity contribution in [3.05, 3.63) is 93.8 Å². The molecule has 2 heterocycles. The molecule has 7 nitrogen and oxygen atoms in total. The Hall–Kier alpha value is -3.82. The maximum Gasteiger partial charge on any atom is 0.321 e. The molecule has 0 saturated carbocycles. The highest BCUT2D eigenvalue weighted by Gasteiger charge is 2.17. The zero-order valence-corrected chi connectivity index (χ0v) is 18.7. The number of nitrogens with zero attached hydrogens (tertiary/aromatic N) is 2. The Morgan fingerprint density at radius 1 is 1.00 bits per heavy atom. The number of hydrogen-bond donors (Lipinski definition) is 2. The van der Waals surface area contributed by atoms with Gasteiger partial charge in [0.15, 0.2) is 0 Å². The molecule has 0 aliphatic rings. The Morgan fingerprint density at radius 2 is 1.73 bits per heavy atom. The lowest BCUT2D eigenvalue weighted by atomic mass is 10.2. The largest absolute Gasteiger partial charge is 0.424 e. The molecule has 0 aliphatic heterocycles. The normalized spacial score (nSPS) is 10.5. The van der Waals surface area contributed by atoms with Gasteiger partial charge in [-0.1, -0.05) is 11.6 Å². The van der Waals surface area contributed by atoms with E-state index in [1.807, 2.05) is 0 Å². The summed E-state index contributed by atoms with van der Waals surface area (Å²) in [6.07, 6.45) is 3.15. The van der Waals surface area contributed by atoms with Gasteiger partial charge in [-0.2, -0.15) is 0 Å². The number of nitrogens with one attached hydrogen (secondary N) is 2. The molecule has 2 amide bonds. The molecule has 0 spiro atoms. The number of halogens is 2. The van der Waals surface area contributed by atoms with Gasteiger partial charge in [-0.25, -0.2) is 14.4 Å². The summed E-state index contributed by atoms with van der Waals surface area (Å²) in [6, 6.07) is 13.9. The van der Waals surface area contributed by atoms with Crippen molar-refractivity contribution >= 4 is 45.4 Å². The van der Waals surface area contributed by atoms with E-state index in [0.29, 0.717) is 26.9 Å². The molecule has 33 heavy (non-hydrogen) atoms. The Morgan fingerprint density at radius 3 is 2.42 bits per heavy atom. The molecule has 4 rings (SSSR count). The first-order valence-electron chi connectivity index (χ1n) is 9.62. The van der Waals surface area contributed by atoms with Crippen molar-refractivity contribution in [2.75, 3.05) is 10.6 Å². The molecule has 0 saturated heterocycles. The zero-order valence-electron chi connectivity index (χ0n) is 17.1. The van der Waals surface area contributed by atoms with Gasteiger partial charge in [-0.15, -0.1) is 11.3 Å². The van der Waals surface area contributed by atoms with Gasteiger partial charge in [0.1, 0.15) is 11.6 Å². The number of amides is 2. The van der Waals surface area contributed by atoms with E-state index in [0.717, 1.165) is 23.5 Å². The maximum absolute atomic E-state index is 13.2. The summed E-state index contributed by atoms with van der Waals surface area (Å²) < 4.78 is 18.7. The molecule has 2 aromatic carbocycles. The van der Waals surface area contributed by atoms with Crippen LogP contribution in [0.25, 0.3) is 0 Å². The van der Waals surface area contributed by atoms with Gasteiger partial charge >= 0.3 is 6.01 Å². The Kier molecular flexibility index (Phi) is 6.62. The standard InChI is InChI=1S/C23H16ClFN4O3S/c1-13-11-19(29-21(30)17-8-3-14(25)12-18(17)24)33-20(13)22(31)28-15-4-6-16(7-5-15)32-23-26-9-2-10-27-23/h2-12H,1H3,(H,28,31)(H,29,30). The van der Waals surface area contributed by atoms with Crippen molar-refractivity contribution in [3.8, 4) is 11.8 Å². The van der Waals surface area contributed by atoms with Crippen LogP contribution in [0.4, 0.5) is 15.1 Å². The Balaban J connectivity index is 1.41. The fraction of sp³-hybridized carbons (Fsp3) is 0.0435. The number of hydrogen-bond acceptors (Lipinski definition) is 6. The van der Waals surface area contributed by atoms with E-state index in [4.69, 9.17) is 16.3 Å². The van der Waals surface area contributed by atoms with E-state index in [-0.39, 0.29) is 22.5 Å². The van der Waals surface area contributed by atoms with Crippen LogP contribution in [0.5, 0.6) is 11.8 Å². The lowest BCUT2D eigenvalue weighted by Gasteiger charge is -2.07. The fourth-order valence-corrected chi connectivity index (χ4v) is 4.08. The van der Waals surface area contributed by atoms with E-state index >= 15 is 0 Å². The van der Waals surface area contributed by atoms with Gasteiger partial charge in [0.25, 0.3) is 11.8 Å². The quantitative estimate of drug-likeness (QED) is 0.355. The minimum absolute atomic E-state index is 0.00463. The highest BCUT2D eigenvalue weighted by Crippen LogP contribution is 2.29. The molecule has 0 unspecified atom stereocenters. The van der Waals surface area contributed by atoms with Crippen molar-refractivity contribution in [2.24, 2.45) is 0 Å². The highest BCUT2D eigenvalue weighted by atomic mass is 35.5. The molecule has 0 aliphatic carbocycles. The summed E-state index contributed by atoms with van der Waals surface area (Å²) in [5.74, 6) is -0.824. The van der Waals surface area contributed by atoms with Crippen LogP contribution in [0.15, 0.2) is 67.0 Å². The third kappa shape index (κ3) is 5.51. The second-order valence-electron chi connectivity index (χ2n) is 6.81. The smallest absolute Gasteiger partial charge is 0.321 e. The van der Waals surface area contributed by atoms with E-state index in [1.165, 1.54) is 6.07 Å². The maximum atomic E-state index is 13.2. The first-order valence-corrected chi connectivity index (χ1v) is 10.8. The lowest BCUT2D eigenvalue weighted by Crippen LogP contribution is -2.12. The van der Waals surface area contributed by atoms with Crippen molar-refractivity contribution in [1.29, 1.82) is 0 Å². The van der Waals surface area contributed by atoms with Gasteiger partial charge in [0.2, 0.25) is 0 Å². The number of carbonyl (C=O) groups excluding carboxylic acids is 2. The molecular weight excluding hydrogens is 467 g/mol. The van der Waals surface area contributed by atoms with Crippen LogP contribution in [0.2, 0.25) is 5.02 Å². The van der Waals surface area contributed by atoms with Gasteiger partial charge in [-0.3, -0.25) is 9.59 Å². The van der Waals surface area contributed by atoms with Crippen molar-refractivity contribution in [1.82, 2.24) is 9.97 Å². The summed E-state index contributed by atoms with van der Waals surface area (Å²) in [5.41, 5.74) is 1.40.